The number of carbonyl (C=O) groups excluding carboxylic acids is 4. The molecule has 17 nitrogen and oxygen atoms in total. The SMILES string of the molecule is CCCCCCCCCCC(=O)OC[C@H](COP(=O)(O)OC[C@H](O)COP(=O)(O)OC[C@@H](COC(=O)CCCCCCCCC(C)CC)OC(=O)CCCCCCCCCCCCCCCC(C)C)OC(=O)CCCCCCCCC(C)CC. The van der Waals surface area contributed by atoms with Crippen molar-refractivity contribution < 1.29 is 80.2 Å². The number of hydrogen-bond donors (Lipinski definition) is 3. The van der Waals surface area contributed by atoms with E-state index in [0.29, 0.717) is 25.7 Å². The van der Waals surface area contributed by atoms with Gasteiger partial charge >= 0.3 is 39.5 Å². The van der Waals surface area contributed by atoms with E-state index in [9.17, 15) is 43.2 Å². The van der Waals surface area contributed by atoms with Gasteiger partial charge in [-0.05, 0) is 43.4 Å². The molecule has 0 aromatic rings. The molecule has 0 aliphatic rings. The van der Waals surface area contributed by atoms with Crippen LogP contribution in [0.3, 0.4) is 0 Å². The molecule has 19 heteroatoms. The second-order valence-corrected chi connectivity index (χ2v) is 27.4. The Labute approximate surface area is 511 Å². The molecular formula is C65H126O17P2. The van der Waals surface area contributed by atoms with Gasteiger partial charge in [-0.3, -0.25) is 37.3 Å². The number of hydrogen-bond acceptors (Lipinski definition) is 15. The minimum absolute atomic E-state index is 0.102. The molecule has 0 fully saturated rings. The highest BCUT2D eigenvalue weighted by atomic mass is 31.2. The molecule has 0 aliphatic heterocycles. The van der Waals surface area contributed by atoms with Gasteiger partial charge in [0.1, 0.15) is 19.3 Å². The number of esters is 4. The summed E-state index contributed by atoms with van der Waals surface area (Å²) in [5.41, 5.74) is 0. The quantitative estimate of drug-likeness (QED) is 0.0222. The summed E-state index contributed by atoms with van der Waals surface area (Å²) >= 11 is 0. The smallest absolute Gasteiger partial charge is 0.462 e. The maximum Gasteiger partial charge on any atom is 0.472 e. The monoisotopic (exact) mass is 1240 g/mol. The Balaban J connectivity index is 5.22. The second kappa shape index (κ2) is 56.3. The summed E-state index contributed by atoms with van der Waals surface area (Å²) in [6, 6.07) is 0. The van der Waals surface area contributed by atoms with Crippen molar-refractivity contribution in [3.63, 3.8) is 0 Å². The van der Waals surface area contributed by atoms with Gasteiger partial charge < -0.3 is 33.8 Å². The average Bonchev–Trinajstić information content (AvgIpc) is 3.60. The zero-order chi connectivity index (χ0) is 62.4. The van der Waals surface area contributed by atoms with Crippen LogP contribution in [0, 0.1) is 17.8 Å². The Morgan fingerprint density at radius 3 is 0.905 bits per heavy atom. The second-order valence-electron chi connectivity index (χ2n) is 24.5. The summed E-state index contributed by atoms with van der Waals surface area (Å²) < 4.78 is 68.0. The lowest BCUT2D eigenvalue weighted by molar-refractivity contribution is -0.161. The summed E-state index contributed by atoms with van der Waals surface area (Å²) in [4.78, 5) is 72.2. The molecule has 0 aliphatic carbocycles. The third-order valence-corrected chi connectivity index (χ3v) is 17.5. The fraction of sp³-hybridized carbons (Fsp3) is 0.938. The number of ether oxygens (including phenoxy) is 4. The van der Waals surface area contributed by atoms with Gasteiger partial charge in [-0.25, -0.2) is 9.13 Å². The van der Waals surface area contributed by atoms with E-state index in [1.54, 1.807) is 0 Å². The molecule has 0 aromatic heterocycles. The molecule has 0 saturated heterocycles. The van der Waals surface area contributed by atoms with Crippen molar-refractivity contribution >= 4 is 39.5 Å². The summed E-state index contributed by atoms with van der Waals surface area (Å²) in [7, 11) is -9.89. The fourth-order valence-electron chi connectivity index (χ4n) is 9.59. The lowest BCUT2D eigenvalue weighted by atomic mass is 10.00. The van der Waals surface area contributed by atoms with E-state index in [1.165, 1.54) is 116 Å². The van der Waals surface area contributed by atoms with Gasteiger partial charge in [0.15, 0.2) is 12.2 Å². The predicted octanol–water partition coefficient (Wildman–Crippen LogP) is 17.9. The molecule has 0 rings (SSSR count). The molecule has 84 heavy (non-hydrogen) atoms. The van der Waals surface area contributed by atoms with Crippen LogP contribution in [0.4, 0.5) is 0 Å². The van der Waals surface area contributed by atoms with E-state index in [2.05, 4.69) is 48.5 Å². The van der Waals surface area contributed by atoms with Gasteiger partial charge in [-0.1, -0.05) is 267 Å². The van der Waals surface area contributed by atoms with Gasteiger partial charge in [0.2, 0.25) is 0 Å². The standard InChI is InChI=1S/C65H126O17P2/c1-8-11-12-13-14-23-32-39-46-62(67)75-52-61(82-65(70)49-42-35-28-26-31-38-45-58(7)10-3)55-80-84(73,74)78-51-59(66)50-77-83(71,72)79-54-60(53-76-63(68)47-40-33-27-25-30-37-44-57(6)9-2)81-64(69)48-41-34-24-21-19-17-15-16-18-20-22-29-36-43-56(4)5/h56-61,66H,8-55H2,1-7H3,(H,71,72)(H,73,74)/t57?,58?,59-,60-,61-/m1/s1. The number of rotatable bonds is 63. The summed E-state index contributed by atoms with van der Waals surface area (Å²) in [6.07, 6.45) is 37.7. The largest absolute Gasteiger partial charge is 0.472 e. The third kappa shape index (κ3) is 56.6. The predicted molar refractivity (Wildman–Crippen MR) is 335 cm³/mol. The molecule has 3 N–H and O–H groups in total. The first kappa shape index (κ1) is 82.1. The van der Waals surface area contributed by atoms with Crippen LogP contribution in [-0.2, 0) is 65.4 Å². The summed E-state index contributed by atoms with van der Waals surface area (Å²) in [6.45, 7) is 11.7. The molecule has 0 radical (unpaired) electrons. The number of carbonyl (C=O) groups is 4. The van der Waals surface area contributed by atoms with Crippen molar-refractivity contribution in [3.8, 4) is 0 Å². The summed E-state index contributed by atoms with van der Waals surface area (Å²) in [5.74, 6) is 0.0982. The van der Waals surface area contributed by atoms with E-state index in [1.807, 2.05) is 0 Å². The Kier molecular flexibility index (Phi) is 55.0. The minimum Gasteiger partial charge on any atom is -0.462 e. The normalized spacial score (nSPS) is 15.0. The van der Waals surface area contributed by atoms with Crippen molar-refractivity contribution in [2.45, 2.75) is 336 Å². The molecule has 0 aromatic carbocycles. The number of phosphoric ester groups is 2. The maximum atomic E-state index is 13.0. The highest BCUT2D eigenvalue weighted by Crippen LogP contribution is 2.45. The van der Waals surface area contributed by atoms with Crippen molar-refractivity contribution in [1.82, 2.24) is 0 Å². The van der Waals surface area contributed by atoms with Crippen LogP contribution in [0.15, 0.2) is 0 Å². The average molecular weight is 1240 g/mol. The Morgan fingerprint density at radius 2 is 0.607 bits per heavy atom. The van der Waals surface area contributed by atoms with E-state index >= 15 is 0 Å². The number of unbranched alkanes of at least 4 members (excludes halogenated alkanes) is 29. The lowest BCUT2D eigenvalue weighted by Gasteiger charge is -2.21. The summed E-state index contributed by atoms with van der Waals surface area (Å²) in [5, 5.41) is 10.5. The fourth-order valence-corrected chi connectivity index (χ4v) is 11.2. The topological polar surface area (TPSA) is 237 Å². The Hall–Kier alpha value is -1.94. The molecule has 0 amide bonds. The van der Waals surface area contributed by atoms with E-state index in [-0.39, 0.29) is 25.7 Å². The van der Waals surface area contributed by atoms with E-state index in [4.69, 9.17) is 37.0 Å². The van der Waals surface area contributed by atoms with Crippen LogP contribution in [0.25, 0.3) is 0 Å². The molecular weight excluding hydrogens is 1110 g/mol. The van der Waals surface area contributed by atoms with Crippen molar-refractivity contribution in [3.05, 3.63) is 0 Å². The van der Waals surface area contributed by atoms with Crippen molar-refractivity contribution in [1.29, 1.82) is 0 Å². The first-order valence-electron chi connectivity index (χ1n) is 33.9. The molecule has 4 unspecified atom stereocenters. The van der Waals surface area contributed by atoms with Crippen LogP contribution >= 0.6 is 15.6 Å². The zero-order valence-electron chi connectivity index (χ0n) is 54.4. The molecule has 498 valence electrons. The Bertz CT molecular complexity index is 1670. The van der Waals surface area contributed by atoms with Crippen LogP contribution in [-0.4, -0.2) is 96.7 Å². The minimum atomic E-state index is -4.95. The highest BCUT2D eigenvalue weighted by molar-refractivity contribution is 7.47. The molecule has 0 spiro atoms. The van der Waals surface area contributed by atoms with Gasteiger partial charge in [0.25, 0.3) is 0 Å². The molecule has 7 atom stereocenters. The van der Waals surface area contributed by atoms with E-state index in [0.717, 1.165) is 120 Å². The number of aliphatic hydroxyl groups is 1. The van der Waals surface area contributed by atoms with Crippen molar-refractivity contribution in [2.24, 2.45) is 17.8 Å². The van der Waals surface area contributed by atoms with E-state index < -0.39 is 97.5 Å². The first-order chi connectivity index (χ1) is 40.3. The van der Waals surface area contributed by atoms with Crippen LogP contribution < -0.4 is 0 Å². The third-order valence-electron chi connectivity index (χ3n) is 15.6. The highest BCUT2D eigenvalue weighted by Gasteiger charge is 2.30. The molecule has 0 saturated carbocycles. The molecule has 0 bridgehead atoms. The zero-order valence-corrected chi connectivity index (χ0v) is 56.1. The van der Waals surface area contributed by atoms with Gasteiger partial charge in [0.05, 0.1) is 26.4 Å². The van der Waals surface area contributed by atoms with Crippen LogP contribution in [0.5, 0.6) is 0 Å². The lowest BCUT2D eigenvalue weighted by Crippen LogP contribution is -2.30. The maximum absolute atomic E-state index is 13.0. The van der Waals surface area contributed by atoms with Crippen LogP contribution in [0.1, 0.15) is 318 Å². The number of aliphatic hydroxyl groups excluding tert-OH is 1. The first-order valence-corrected chi connectivity index (χ1v) is 36.9. The van der Waals surface area contributed by atoms with Gasteiger partial charge in [-0.2, -0.15) is 0 Å². The molecule has 0 heterocycles. The van der Waals surface area contributed by atoms with Gasteiger partial charge in [-0.15, -0.1) is 0 Å². The number of phosphoric acid groups is 2. The van der Waals surface area contributed by atoms with Gasteiger partial charge in [0, 0.05) is 25.7 Å². The Morgan fingerprint density at radius 1 is 0.345 bits per heavy atom. The van der Waals surface area contributed by atoms with Crippen molar-refractivity contribution in [2.75, 3.05) is 39.6 Å². The van der Waals surface area contributed by atoms with Crippen LogP contribution in [0.2, 0.25) is 0 Å².